The highest BCUT2D eigenvalue weighted by Gasteiger charge is 2.12. The number of hydrogen-bond acceptors (Lipinski definition) is 2. The maximum Gasteiger partial charge on any atom is 0.127 e. The molecule has 1 atom stereocenters. The third-order valence-electron chi connectivity index (χ3n) is 2.52. The van der Waals surface area contributed by atoms with Gasteiger partial charge >= 0.3 is 0 Å². The van der Waals surface area contributed by atoms with E-state index < -0.39 is 16.6 Å². The highest BCUT2D eigenvalue weighted by Crippen LogP contribution is 2.25. The van der Waals surface area contributed by atoms with Gasteiger partial charge in [-0.1, -0.05) is 27.5 Å². The molecule has 2 aromatic rings. The maximum absolute atomic E-state index is 13.6. The number of halogens is 3. The second-order valence-corrected chi connectivity index (χ2v) is 6.68. The Bertz CT molecular complexity index is 651. The van der Waals surface area contributed by atoms with E-state index in [0.717, 1.165) is 4.47 Å². The summed E-state index contributed by atoms with van der Waals surface area (Å²) in [6, 6.07) is 9.29. The van der Waals surface area contributed by atoms with Crippen LogP contribution < -0.4 is 5.73 Å². The van der Waals surface area contributed by atoms with Crippen LogP contribution in [-0.4, -0.2) is 4.21 Å². The van der Waals surface area contributed by atoms with Crippen molar-refractivity contribution in [1.82, 2.24) is 0 Å². The molecule has 0 fully saturated rings. The van der Waals surface area contributed by atoms with Crippen molar-refractivity contribution in [1.29, 1.82) is 0 Å². The first-order chi connectivity index (χ1) is 8.97. The normalized spacial score (nSPS) is 12.4. The summed E-state index contributed by atoms with van der Waals surface area (Å²) in [7, 11) is -1.43. The van der Waals surface area contributed by atoms with E-state index in [1.807, 2.05) is 0 Å². The fraction of sp³-hybridized carbons (Fsp3) is 0.0769. The summed E-state index contributed by atoms with van der Waals surface area (Å²) in [5.74, 6) is -0.390. The first kappa shape index (κ1) is 14.5. The van der Waals surface area contributed by atoms with Gasteiger partial charge in [-0.05, 0) is 36.4 Å². The zero-order valence-corrected chi connectivity index (χ0v) is 12.9. The molecule has 0 saturated heterocycles. The largest absolute Gasteiger partial charge is 0.398 e. The van der Waals surface area contributed by atoms with E-state index in [4.69, 9.17) is 17.3 Å². The summed E-state index contributed by atoms with van der Waals surface area (Å²) in [6.45, 7) is 0. The lowest BCUT2D eigenvalue weighted by Gasteiger charge is -2.07. The Hall–Kier alpha value is -0.910. The third-order valence-corrected chi connectivity index (χ3v) is 4.66. The number of rotatable bonds is 3. The molecule has 0 aliphatic rings. The Morgan fingerprint density at radius 2 is 2.00 bits per heavy atom. The van der Waals surface area contributed by atoms with E-state index in [2.05, 4.69) is 15.9 Å². The van der Waals surface area contributed by atoms with Crippen LogP contribution >= 0.6 is 27.5 Å². The molecule has 0 saturated carbocycles. The molecule has 2 aromatic carbocycles. The molecule has 2 nitrogen and oxygen atoms in total. The van der Waals surface area contributed by atoms with Gasteiger partial charge in [-0.2, -0.15) is 0 Å². The van der Waals surface area contributed by atoms with E-state index >= 15 is 0 Å². The quantitative estimate of drug-likeness (QED) is 0.834. The molecular weight excluding hydrogens is 353 g/mol. The molecule has 2 N–H and O–H groups in total. The Kier molecular flexibility index (Phi) is 4.60. The fourth-order valence-electron chi connectivity index (χ4n) is 1.58. The average Bonchev–Trinajstić information content (AvgIpc) is 2.36. The van der Waals surface area contributed by atoms with Crippen LogP contribution in [0.2, 0.25) is 5.02 Å². The third kappa shape index (κ3) is 3.55. The number of nitrogens with two attached hydrogens (primary N) is 1. The summed E-state index contributed by atoms with van der Waals surface area (Å²) < 4.78 is 26.6. The van der Waals surface area contributed by atoms with Crippen LogP contribution in [0, 0.1) is 5.82 Å². The number of anilines is 1. The van der Waals surface area contributed by atoms with Crippen LogP contribution in [0.5, 0.6) is 0 Å². The van der Waals surface area contributed by atoms with Crippen molar-refractivity contribution >= 4 is 44.0 Å². The Balaban J connectivity index is 2.30. The van der Waals surface area contributed by atoms with E-state index in [1.54, 1.807) is 18.2 Å². The molecule has 0 aliphatic carbocycles. The predicted molar refractivity (Wildman–Crippen MR) is 80.1 cm³/mol. The molecular formula is C13H10BrClFNOS. The molecule has 0 heterocycles. The molecule has 0 radical (unpaired) electrons. The van der Waals surface area contributed by atoms with Crippen molar-refractivity contribution in [3.63, 3.8) is 0 Å². The molecule has 6 heteroatoms. The second kappa shape index (κ2) is 6.03. The summed E-state index contributed by atoms with van der Waals surface area (Å²) in [4.78, 5) is 0.480. The van der Waals surface area contributed by atoms with E-state index in [9.17, 15) is 8.60 Å². The SMILES string of the molecule is Nc1ccc(Br)cc1S(=O)Cc1cc(Cl)ccc1F. The van der Waals surface area contributed by atoms with Gasteiger partial charge in [0.25, 0.3) is 0 Å². The van der Waals surface area contributed by atoms with Gasteiger partial charge in [0.2, 0.25) is 0 Å². The van der Waals surface area contributed by atoms with Crippen molar-refractivity contribution in [2.75, 3.05) is 5.73 Å². The number of hydrogen-bond donors (Lipinski definition) is 1. The van der Waals surface area contributed by atoms with Crippen LogP contribution in [0.3, 0.4) is 0 Å². The molecule has 0 spiro atoms. The van der Waals surface area contributed by atoms with Gasteiger partial charge in [0.05, 0.1) is 21.4 Å². The van der Waals surface area contributed by atoms with Gasteiger partial charge in [-0.25, -0.2) is 4.39 Å². The van der Waals surface area contributed by atoms with E-state index in [0.29, 0.717) is 21.2 Å². The summed E-state index contributed by atoms with van der Waals surface area (Å²) >= 11 is 9.10. The van der Waals surface area contributed by atoms with Crippen molar-refractivity contribution in [2.24, 2.45) is 0 Å². The van der Waals surface area contributed by atoms with Crippen LogP contribution in [0.15, 0.2) is 45.8 Å². The summed E-state index contributed by atoms with van der Waals surface area (Å²) in [6.07, 6.45) is 0. The van der Waals surface area contributed by atoms with Crippen LogP contribution in [0.25, 0.3) is 0 Å². The minimum Gasteiger partial charge on any atom is -0.398 e. The van der Waals surface area contributed by atoms with E-state index in [-0.39, 0.29) is 5.75 Å². The first-order valence-corrected chi connectivity index (χ1v) is 7.83. The second-order valence-electron chi connectivity index (χ2n) is 3.91. The Morgan fingerprint density at radius 3 is 2.74 bits per heavy atom. The molecule has 100 valence electrons. The molecule has 0 amide bonds. The fourth-order valence-corrected chi connectivity index (χ4v) is 3.53. The first-order valence-electron chi connectivity index (χ1n) is 5.34. The van der Waals surface area contributed by atoms with Gasteiger partial charge < -0.3 is 5.73 Å². The van der Waals surface area contributed by atoms with Gasteiger partial charge in [-0.15, -0.1) is 0 Å². The molecule has 19 heavy (non-hydrogen) atoms. The Morgan fingerprint density at radius 1 is 1.26 bits per heavy atom. The standard InChI is InChI=1S/C13H10BrClFNOS/c14-9-1-4-12(17)13(6-9)19(18)7-8-5-10(15)2-3-11(8)16/h1-6H,7,17H2. The molecule has 1 unspecified atom stereocenters. The highest BCUT2D eigenvalue weighted by molar-refractivity contribution is 9.10. The molecule has 0 bridgehead atoms. The summed E-state index contributed by atoms with van der Waals surface area (Å²) in [5.41, 5.74) is 6.51. The van der Waals surface area contributed by atoms with Gasteiger partial charge in [0.1, 0.15) is 5.82 Å². The molecule has 2 rings (SSSR count). The summed E-state index contributed by atoms with van der Waals surface area (Å²) in [5, 5.41) is 0.413. The lowest BCUT2D eigenvalue weighted by molar-refractivity contribution is 0.615. The zero-order chi connectivity index (χ0) is 14.0. The molecule has 0 aliphatic heterocycles. The maximum atomic E-state index is 13.6. The van der Waals surface area contributed by atoms with Gasteiger partial charge in [-0.3, -0.25) is 4.21 Å². The van der Waals surface area contributed by atoms with Crippen molar-refractivity contribution in [3.8, 4) is 0 Å². The van der Waals surface area contributed by atoms with Gasteiger partial charge in [0.15, 0.2) is 0 Å². The van der Waals surface area contributed by atoms with Gasteiger partial charge in [0, 0.05) is 20.7 Å². The van der Waals surface area contributed by atoms with Crippen molar-refractivity contribution in [2.45, 2.75) is 10.6 Å². The highest BCUT2D eigenvalue weighted by atomic mass is 79.9. The topological polar surface area (TPSA) is 43.1 Å². The monoisotopic (exact) mass is 361 g/mol. The Labute approximate surface area is 126 Å². The smallest absolute Gasteiger partial charge is 0.127 e. The minimum absolute atomic E-state index is 0.0348. The lowest BCUT2D eigenvalue weighted by Crippen LogP contribution is -2.02. The van der Waals surface area contributed by atoms with E-state index in [1.165, 1.54) is 18.2 Å². The predicted octanol–water partition coefficient (Wildman–Crippen LogP) is 4.13. The van der Waals surface area contributed by atoms with Crippen molar-refractivity contribution < 1.29 is 8.60 Å². The van der Waals surface area contributed by atoms with Crippen molar-refractivity contribution in [3.05, 3.63) is 57.3 Å². The average molecular weight is 363 g/mol. The lowest BCUT2D eigenvalue weighted by atomic mass is 10.2. The van der Waals surface area contributed by atoms with Crippen LogP contribution in [-0.2, 0) is 16.6 Å². The zero-order valence-electron chi connectivity index (χ0n) is 9.70. The van der Waals surface area contributed by atoms with Crippen LogP contribution in [0.1, 0.15) is 5.56 Å². The van der Waals surface area contributed by atoms with Crippen LogP contribution in [0.4, 0.5) is 10.1 Å². The number of nitrogen functional groups attached to an aromatic ring is 1. The molecule has 0 aromatic heterocycles. The number of benzene rings is 2. The minimum atomic E-state index is -1.43.